The summed E-state index contributed by atoms with van der Waals surface area (Å²) in [6.07, 6.45) is 3.58. The van der Waals surface area contributed by atoms with Gasteiger partial charge >= 0.3 is 0 Å². The first kappa shape index (κ1) is 6.67. The molecule has 0 aromatic carbocycles. The van der Waals surface area contributed by atoms with Crippen molar-refractivity contribution in [3.63, 3.8) is 0 Å². The Kier molecular flexibility index (Phi) is 1.94. The zero-order valence-electron chi connectivity index (χ0n) is 5.61. The molecule has 0 spiro atoms. The molecular weight excluding hydrogens is 130 g/mol. The molecule has 1 aromatic heterocycles. The van der Waals surface area contributed by atoms with Crippen LogP contribution in [0.2, 0.25) is 0 Å². The van der Waals surface area contributed by atoms with Crippen LogP contribution in [0.25, 0.3) is 6.08 Å². The monoisotopic (exact) mass is 137 g/mol. The van der Waals surface area contributed by atoms with Crippen molar-refractivity contribution in [3.8, 4) is 0 Å². The van der Waals surface area contributed by atoms with Gasteiger partial charge in [0.25, 0.3) is 0 Å². The average molecular weight is 137 g/mol. The molecule has 0 unspecified atom stereocenters. The normalized spacial score (nSPS) is 10.5. The molecule has 10 heavy (non-hydrogen) atoms. The second-order valence-corrected chi connectivity index (χ2v) is 1.63. The fraction of sp³-hybridized carbons (Fsp3) is 0.167. The molecule has 1 rings (SSSR count). The van der Waals surface area contributed by atoms with Crippen LogP contribution in [-0.2, 0) is 0 Å². The minimum absolute atomic E-state index is 0.429. The molecule has 1 aromatic rings. The highest BCUT2D eigenvalue weighted by Gasteiger charge is 2.01. The second-order valence-electron chi connectivity index (χ2n) is 1.63. The van der Waals surface area contributed by atoms with Crippen molar-refractivity contribution in [2.45, 2.75) is 6.92 Å². The van der Waals surface area contributed by atoms with Gasteiger partial charge in [-0.25, -0.2) is 9.62 Å². The molecule has 4 heteroatoms. The van der Waals surface area contributed by atoms with E-state index in [0.29, 0.717) is 11.5 Å². The van der Waals surface area contributed by atoms with Gasteiger partial charge in [-0.2, -0.15) is 0 Å². The van der Waals surface area contributed by atoms with E-state index >= 15 is 0 Å². The number of aromatic nitrogens is 2. The lowest BCUT2D eigenvalue weighted by Gasteiger charge is -1.79. The molecule has 0 bridgehead atoms. The van der Waals surface area contributed by atoms with Gasteiger partial charge in [0.1, 0.15) is 0 Å². The number of hydrogen-bond donors (Lipinski definition) is 0. The molecule has 0 aliphatic rings. The molecule has 0 N–H and O–H groups in total. The largest absolute Gasteiger partial charge is 0.242 e. The van der Waals surface area contributed by atoms with Crippen LogP contribution < -0.4 is 0 Å². The lowest BCUT2D eigenvalue weighted by molar-refractivity contribution is 0.307. The summed E-state index contributed by atoms with van der Waals surface area (Å²) < 4.78 is 4.40. The summed E-state index contributed by atoms with van der Waals surface area (Å²) in [4.78, 5) is 3.58. The van der Waals surface area contributed by atoms with E-state index in [4.69, 9.17) is 0 Å². The molecule has 52 valence electrons. The molecule has 0 amide bonds. The van der Waals surface area contributed by atoms with Crippen LogP contribution in [0, 0.1) is 0 Å². The highest BCUT2D eigenvalue weighted by Crippen LogP contribution is 2.13. The van der Waals surface area contributed by atoms with Gasteiger partial charge in [-0.15, -0.1) is 0 Å². The van der Waals surface area contributed by atoms with Gasteiger partial charge in [0, 0.05) is 0 Å². The van der Waals surface area contributed by atoms with Gasteiger partial charge in [-0.1, -0.05) is 6.08 Å². The maximum atomic E-state index is 4.40. The molecule has 0 radical (unpaired) electrons. The first-order valence-electron chi connectivity index (χ1n) is 2.80. The van der Waals surface area contributed by atoms with Gasteiger partial charge in [-0.3, -0.25) is 0 Å². The van der Waals surface area contributed by atoms with Crippen molar-refractivity contribution in [2.75, 3.05) is 0 Å². The quantitative estimate of drug-likeness (QED) is 0.579. The highest BCUT2D eigenvalue weighted by atomic mass is 16.6. The number of rotatable bonds is 2. The van der Waals surface area contributed by atoms with Crippen LogP contribution in [0.3, 0.4) is 0 Å². The number of nitrogens with zero attached hydrogens (tertiary/aromatic N) is 3. The smallest absolute Gasteiger partial charge is 0.223 e. The molecule has 4 nitrogen and oxygen atoms in total. The second kappa shape index (κ2) is 2.91. The van der Waals surface area contributed by atoms with Gasteiger partial charge in [0.2, 0.25) is 5.82 Å². The Balaban J connectivity index is 3.00. The lowest BCUT2D eigenvalue weighted by atomic mass is 10.4. The summed E-state index contributed by atoms with van der Waals surface area (Å²) in [6.45, 7) is 5.18. The summed E-state index contributed by atoms with van der Waals surface area (Å²) in [6, 6.07) is 0. The molecule has 1 heterocycles. The van der Waals surface area contributed by atoms with Crippen LogP contribution in [0.15, 0.2) is 15.7 Å². The van der Waals surface area contributed by atoms with E-state index < -0.39 is 0 Å². The molecular formula is C6H7N3O. The lowest BCUT2D eigenvalue weighted by Crippen LogP contribution is -1.68. The minimum atomic E-state index is 0.429. The predicted molar refractivity (Wildman–Crippen MR) is 38.2 cm³/mol. The van der Waals surface area contributed by atoms with Crippen molar-refractivity contribution in [2.24, 2.45) is 4.99 Å². The summed E-state index contributed by atoms with van der Waals surface area (Å²) in [5.74, 6) is 0.429. The fourth-order valence-corrected chi connectivity index (χ4v) is 0.563. The van der Waals surface area contributed by atoms with Crippen molar-refractivity contribution in [3.05, 3.63) is 11.8 Å². The predicted octanol–water partition coefficient (Wildman–Crippen LogP) is 1.43. The van der Waals surface area contributed by atoms with Crippen molar-refractivity contribution >= 4 is 18.6 Å². The average Bonchev–Trinajstić information content (AvgIpc) is 2.36. The summed E-state index contributed by atoms with van der Waals surface area (Å²) in [5.41, 5.74) is 0.609. The summed E-state index contributed by atoms with van der Waals surface area (Å²) in [5, 5.41) is 7.06. The Morgan fingerprint density at radius 1 is 1.60 bits per heavy atom. The standard InChI is InChI=1S/C6H7N3O/c1-3-4-5-6(7-2)9-10-8-5/h3-4H,2H2,1H3/b4-3-. The maximum absolute atomic E-state index is 4.40. The van der Waals surface area contributed by atoms with E-state index in [-0.39, 0.29) is 0 Å². The minimum Gasteiger partial charge on any atom is -0.242 e. The molecule has 0 saturated heterocycles. The third-order valence-electron chi connectivity index (χ3n) is 0.970. The van der Waals surface area contributed by atoms with Crippen molar-refractivity contribution in [1.29, 1.82) is 0 Å². The van der Waals surface area contributed by atoms with E-state index in [0.717, 1.165) is 0 Å². The van der Waals surface area contributed by atoms with Gasteiger partial charge < -0.3 is 0 Å². The number of hydrogen-bond acceptors (Lipinski definition) is 4. The van der Waals surface area contributed by atoms with Crippen LogP contribution in [0.4, 0.5) is 5.82 Å². The zero-order valence-corrected chi connectivity index (χ0v) is 5.61. The van der Waals surface area contributed by atoms with E-state index in [9.17, 15) is 0 Å². The Labute approximate surface area is 58.2 Å². The first-order valence-corrected chi connectivity index (χ1v) is 2.80. The SMILES string of the molecule is C=Nc1nonc1/C=C\C. The van der Waals surface area contributed by atoms with Gasteiger partial charge in [0.05, 0.1) is 0 Å². The van der Waals surface area contributed by atoms with Crippen molar-refractivity contribution in [1.82, 2.24) is 10.3 Å². The third-order valence-corrected chi connectivity index (χ3v) is 0.970. The Hall–Kier alpha value is -1.45. The van der Waals surface area contributed by atoms with Crippen LogP contribution in [0.5, 0.6) is 0 Å². The molecule has 0 aliphatic heterocycles. The van der Waals surface area contributed by atoms with Gasteiger partial charge in [-0.05, 0) is 30.0 Å². The van der Waals surface area contributed by atoms with Crippen molar-refractivity contribution < 1.29 is 4.63 Å². The maximum Gasteiger partial charge on any atom is 0.223 e. The van der Waals surface area contributed by atoms with E-state index in [1.807, 2.05) is 13.0 Å². The van der Waals surface area contributed by atoms with Crippen LogP contribution >= 0.6 is 0 Å². The van der Waals surface area contributed by atoms with E-state index in [2.05, 4.69) is 26.7 Å². The molecule has 0 saturated carbocycles. The number of allylic oxidation sites excluding steroid dienone is 1. The van der Waals surface area contributed by atoms with E-state index in [1.165, 1.54) is 0 Å². The third kappa shape index (κ3) is 1.10. The van der Waals surface area contributed by atoms with E-state index in [1.54, 1.807) is 6.08 Å². The Morgan fingerprint density at radius 2 is 2.40 bits per heavy atom. The van der Waals surface area contributed by atoms with Crippen LogP contribution in [-0.4, -0.2) is 17.0 Å². The zero-order chi connectivity index (χ0) is 7.40. The Bertz CT molecular complexity index is 251. The van der Waals surface area contributed by atoms with Crippen LogP contribution in [0.1, 0.15) is 12.6 Å². The first-order chi connectivity index (χ1) is 4.88. The molecule has 0 atom stereocenters. The molecule has 0 aliphatic carbocycles. The Morgan fingerprint density at radius 3 is 3.00 bits per heavy atom. The summed E-state index contributed by atoms with van der Waals surface area (Å²) >= 11 is 0. The van der Waals surface area contributed by atoms with Gasteiger partial charge in [0.15, 0.2) is 5.69 Å². The topological polar surface area (TPSA) is 51.3 Å². The fourth-order valence-electron chi connectivity index (χ4n) is 0.563. The molecule has 0 fully saturated rings. The highest BCUT2D eigenvalue weighted by molar-refractivity contribution is 5.57. The number of aliphatic imine (C=N–C) groups is 1. The summed E-state index contributed by atoms with van der Waals surface area (Å²) in [7, 11) is 0.